The lowest BCUT2D eigenvalue weighted by atomic mass is 9.94. The first-order valence-electron chi connectivity index (χ1n) is 11.3. The van der Waals surface area contributed by atoms with E-state index in [0.29, 0.717) is 24.4 Å². The van der Waals surface area contributed by atoms with Gasteiger partial charge >= 0.3 is 0 Å². The summed E-state index contributed by atoms with van der Waals surface area (Å²) in [5.74, 6) is 6.08. The normalized spacial score (nSPS) is 20.3. The van der Waals surface area contributed by atoms with Crippen molar-refractivity contribution in [1.82, 2.24) is 10.3 Å². The summed E-state index contributed by atoms with van der Waals surface area (Å²) in [7, 11) is 0. The van der Waals surface area contributed by atoms with Crippen molar-refractivity contribution in [2.45, 2.75) is 33.1 Å². The highest BCUT2D eigenvalue weighted by atomic mass is 19.1. The number of nitrogens with zero attached hydrogens (tertiary/aromatic N) is 1. The molecule has 1 unspecified atom stereocenters. The summed E-state index contributed by atoms with van der Waals surface area (Å²) in [5.41, 5.74) is 11.1. The molecule has 1 aromatic heterocycles. The lowest BCUT2D eigenvalue weighted by Crippen LogP contribution is -2.16. The Bertz CT molecular complexity index is 1230. The molecule has 2 atom stereocenters. The molecule has 2 aromatic rings. The Labute approximate surface area is 194 Å². The summed E-state index contributed by atoms with van der Waals surface area (Å²) in [6.07, 6.45) is 9.93. The maximum absolute atomic E-state index is 13.8. The molecule has 0 bridgehead atoms. The maximum Gasteiger partial charge on any atom is 0.234 e. The average Bonchev–Trinajstić information content (AvgIpc) is 3.54. The average molecular weight is 442 g/mol. The van der Waals surface area contributed by atoms with Gasteiger partial charge < -0.3 is 11.1 Å². The summed E-state index contributed by atoms with van der Waals surface area (Å²) >= 11 is 0. The van der Waals surface area contributed by atoms with Crippen molar-refractivity contribution in [3.8, 4) is 23.1 Å². The van der Waals surface area contributed by atoms with Gasteiger partial charge in [-0.25, -0.2) is 4.39 Å². The molecule has 2 aliphatic rings. The summed E-state index contributed by atoms with van der Waals surface area (Å²) in [5, 5.41) is 3.26. The van der Waals surface area contributed by atoms with E-state index >= 15 is 0 Å². The number of hydrogen-bond donors (Lipinski definition) is 2. The number of hydrogen-bond acceptors (Lipinski definition) is 4. The van der Waals surface area contributed by atoms with Gasteiger partial charge in [0.2, 0.25) is 5.78 Å². The number of nitrogens with two attached hydrogens (primary N) is 1. The van der Waals surface area contributed by atoms with Crippen LogP contribution in [0.1, 0.15) is 37.3 Å². The van der Waals surface area contributed by atoms with Gasteiger partial charge in [0.05, 0.1) is 5.69 Å². The fourth-order valence-corrected chi connectivity index (χ4v) is 4.07. The van der Waals surface area contributed by atoms with Crippen molar-refractivity contribution in [3.63, 3.8) is 0 Å². The molecule has 0 spiro atoms. The number of ketones is 1. The van der Waals surface area contributed by atoms with E-state index in [1.165, 1.54) is 6.07 Å². The second-order valence-corrected chi connectivity index (χ2v) is 8.61. The van der Waals surface area contributed by atoms with Crippen molar-refractivity contribution < 1.29 is 9.18 Å². The van der Waals surface area contributed by atoms with Gasteiger partial charge in [0.25, 0.3) is 0 Å². The highest BCUT2D eigenvalue weighted by Crippen LogP contribution is 2.45. The number of pyridine rings is 1. The molecule has 1 aliphatic carbocycles. The number of aromatic nitrogens is 1. The number of unbranched alkanes of at least 4 members (excludes halogenated alkanes) is 1. The maximum atomic E-state index is 13.8. The van der Waals surface area contributed by atoms with Crippen molar-refractivity contribution >= 4 is 11.4 Å². The van der Waals surface area contributed by atoms with E-state index in [1.807, 2.05) is 30.5 Å². The second kappa shape index (κ2) is 9.97. The molecular formula is C28H28FN3O. The highest BCUT2D eigenvalue weighted by Gasteiger charge is 2.40. The zero-order valence-corrected chi connectivity index (χ0v) is 19.0. The van der Waals surface area contributed by atoms with Crippen LogP contribution in [0.3, 0.4) is 0 Å². The number of Topliss-reactive ketones (excluding diaryl/α,β-unsaturated/α-hetero) is 1. The topological polar surface area (TPSA) is 68.0 Å². The van der Waals surface area contributed by atoms with Crippen LogP contribution in [0.15, 0.2) is 66.2 Å². The molecule has 0 amide bonds. The third kappa shape index (κ3) is 5.13. The molecule has 33 heavy (non-hydrogen) atoms. The molecule has 4 rings (SSSR count). The first kappa shape index (κ1) is 22.7. The lowest BCUT2D eigenvalue weighted by molar-refractivity contribution is -0.110. The van der Waals surface area contributed by atoms with Crippen LogP contribution in [0.5, 0.6) is 0 Å². The van der Waals surface area contributed by atoms with Crippen molar-refractivity contribution in [1.29, 1.82) is 0 Å². The smallest absolute Gasteiger partial charge is 0.234 e. The van der Waals surface area contributed by atoms with Gasteiger partial charge in [-0.15, -0.1) is 0 Å². The number of rotatable bonds is 6. The zero-order chi connectivity index (χ0) is 23.4. The summed E-state index contributed by atoms with van der Waals surface area (Å²) in [6, 6.07) is 8.89. The molecule has 0 saturated heterocycles. The predicted molar refractivity (Wildman–Crippen MR) is 130 cm³/mol. The lowest BCUT2D eigenvalue weighted by Gasteiger charge is -2.17. The minimum atomic E-state index is -0.239. The van der Waals surface area contributed by atoms with Gasteiger partial charge in [0, 0.05) is 41.2 Å². The highest BCUT2D eigenvalue weighted by molar-refractivity contribution is 6.10. The SMILES string of the molecule is Cc1cc(-c2ncccc2C2=C/C(=C(\C(=O)C#CCCCN)[C@H]3CC3C)NC=C2)ccc1F. The molecule has 1 aromatic carbocycles. The summed E-state index contributed by atoms with van der Waals surface area (Å²) in [6.45, 7) is 4.46. The van der Waals surface area contributed by atoms with Gasteiger partial charge in [-0.3, -0.25) is 9.78 Å². The fourth-order valence-electron chi connectivity index (χ4n) is 4.07. The van der Waals surface area contributed by atoms with E-state index in [4.69, 9.17) is 5.73 Å². The van der Waals surface area contributed by atoms with E-state index < -0.39 is 0 Å². The Kier molecular flexibility index (Phi) is 6.86. The molecule has 2 heterocycles. The van der Waals surface area contributed by atoms with Crippen LogP contribution in [-0.4, -0.2) is 17.3 Å². The van der Waals surface area contributed by atoms with Gasteiger partial charge in [0.15, 0.2) is 0 Å². The number of nitrogens with one attached hydrogen (secondary N) is 1. The van der Waals surface area contributed by atoms with Crippen LogP contribution >= 0.6 is 0 Å². The van der Waals surface area contributed by atoms with E-state index in [-0.39, 0.29) is 17.5 Å². The number of halogens is 1. The van der Waals surface area contributed by atoms with Crippen LogP contribution in [-0.2, 0) is 4.79 Å². The molecule has 4 nitrogen and oxygen atoms in total. The monoisotopic (exact) mass is 441 g/mol. The van der Waals surface area contributed by atoms with Crippen LogP contribution in [0.25, 0.3) is 16.8 Å². The minimum Gasteiger partial charge on any atom is -0.361 e. The molecule has 1 fully saturated rings. The predicted octanol–water partition coefficient (Wildman–Crippen LogP) is 4.92. The fraction of sp³-hybridized carbons (Fsp3) is 0.286. The molecular weight excluding hydrogens is 413 g/mol. The van der Waals surface area contributed by atoms with E-state index in [0.717, 1.165) is 46.5 Å². The molecule has 1 saturated carbocycles. The van der Waals surface area contributed by atoms with Crippen LogP contribution in [0, 0.1) is 36.4 Å². The molecule has 168 valence electrons. The number of dihydropyridines is 1. The quantitative estimate of drug-likeness (QED) is 0.289. The van der Waals surface area contributed by atoms with Crippen LogP contribution in [0.2, 0.25) is 0 Å². The van der Waals surface area contributed by atoms with Crippen LogP contribution in [0.4, 0.5) is 4.39 Å². The second-order valence-electron chi connectivity index (χ2n) is 8.61. The third-order valence-corrected chi connectivity index (χ3v) is 6.07. The van der Waals surface area contributed by atoms with Crippen molar-refractivity contribution in [2.75, 3.05) is 6.54 Å². The minimum absolute atomic E-state index is 0.129. The van der Waals surface area contributed by atoms with Crippen molar-refractivity contribution in [2.24, 2.45) is 17.6 Å². The van der Waals surface area contributed by atoms with Crippen LogP contribution < -0.4 is 11.1 Å². The summed E-state index contributed by atoms with van der Waals surface area (Å²) in [4.78, 5) is 17.6. The molecule has 0 radical (unpaired) electrons. The summed E-state index contributed by atoms with van der Waals surface area (Å²) < 4.78 is 13.8. The number of carbonyl (C=O) groups is 1. The molecule has 5 heteroatoms. The van der Waals surface area contributed by atoms with Gasteiger partial charge in [0.1, 0.15) is 5.82 Å². The van der Waals surface area contributed by atoms with Gasteiger partial charge in [-0.1, -0.05) is 18.9 Å². The number of benzene rings is 1. The first-order valence-corrected chi connectivity index (χ1v) is 11.3. The third-order valence-electron chi connectivity index (χ3n) is 6.07. The number of aryl methyl sites for hydroxylation is 1. The number of carbonyl (C=O) groups excluding carboxylic acids is 1. The van der Waals surface area contributed by atoms with Gasteiger partial charge in [-0.05, 0) is 91.6 Å². The van der Waals surface area contributed by atoms with Gasteiger partial charge in [-0.2, -0.15) is 0 Å². The zero-order valence-electron chi connectivity index (χ0n) is 19.0. The Morgan fingerprint density at radius 3 is 2.88 bits per heavy atom. The first-order chi connectivity index (χ1) is 16.0. The Balaban J connectivity index is 1.74. The standard InChI is InChI=1S/C28H28FN3O/c1-18-16-23(18)27(26(33)8-4-3-5-12-30)25-17-20(11-14-31-25)22-7-6-13-32-28(22)21-9-10-24(29)19(2)15-21/h6-7,9-11,13-15,17-18,23,31H,3,5,12,16,30H2,1-2H3/b27-25+/t18?,23-/m0/s1. The van der Waals surface area contributed by atoms with Crippen molar-refractivity contribution in [3.05, 3.63) is 83.1 Å². The van der Waals surface area contributed by atoms with E-state index in [2.05, 4.69) is 29.1 Å². The molecule has 3 N–H and O–H groups in total. The number of allylic oxidation sites excluding steroid dienone is 4. The molecule has 1 aliphatic heterocycles. The Morgan fingerprint density at radius 1 is 1.33 bits per heavy atom. The largest absolute Gasteiger partial charge is 0.361 e. The Hall–Kier alpha value is -3.49. The van der Waals surface area contributed by atoms with E-state index in [9.17, 15) is 9.18 Å². The Morgan fingerprint density at radius 2 is 2.15 bits per heavy atom. The van der Waals surface area contributed by atoms with E-state index in [1.54, 1.807) is 25.3 Å².